The lowest BCUT2D eigenvalue weighted by molar-refractivity contribution is 0.410. The third-order valence-corrected chi connectivity index (χ3v) is 3.60. The van der Waals surface area contributed by atoms with Crippen LogP contribution in [0, 0.1) is 5.82 Å². The fraction of sp³-hybridized carbons (Fsp3) is 0.143. The fourth-order valence-corrected chi connectivity index (χ4v) is 2.41. The molecule has 0 saturated carbocycles. The molecule has 0 aliphatic rings. The van der Waals surface area contributed by atoms with Gasteiger partial charge in [-0.3, -0.25) is 0 Å². The Hall–Kier alpha value is -1.06. The summed E-state index contributed by atoms with van der Waals surface area (Å²) in [6, 6.07) is 12.2. The number of ether oxygens (including phenoxy) is 1. The standard InChI is InChI=1S/C14H11BrClFO/c1-18-11-5-6-12(13(17)8-11)14(16)9-3-2-4-10(15)7-9/h2-8,14H,1H3. The maximum absolute atomic E-state index is 13.9. The normalized spacial score (nSPS) is 12.2. The first-order valence-corrected chi connectivity index (χ1v) is 6.57. The van der Waals surface area contributed by atoms with Crippen molar-refractivity contribution in [2.45, 2.75) is 5.38 Å². The minimum Gasteiger partial charge on any atom is -0.497 e. The molecule has 0 aliphatic carbocycles. The Bertz CT molecular complexity index is 559. The molecule has 0 heterocycles. The van der Waals surface area contributed by atoms with Gasteiger partial charge in [-0.1, -0.05) is 34.1 Å². The fourth-order valence-electron chi connectivity index (χ4n) is 1.68. The van der Waals surface area contributed by atoms with E-state index in [0.29, 0.717) is 11.3 Å². The highest BCUT2D eigenvalue weighted by molar-refractivity contribution is 9.10. The Balaban J connectivity index is 2.37. The number of benzene rings is 2. The number of rotatable bonds is 3. The Morgan fingerprint density at radius 3 is 2.61 bits per heavy atom. The van der Waals surface area contributed by atoms with Gasteiger partial charge >= 0.3 is 0 Å². The molecular weight excluding hydrogens is 319 g/mol. The van der Waals surface area contributed by atoms with Crippen molar-refractivity contribution >= 4 is 27.5 Å². The molecular formula is C14H11BrClFO. The number of hydrogen-bond donors (Lipinski definition) is 0. The van der Waals surface area contributed by atoms with E-state index in [0.717, 1.165) is 10.0 Å². The molecule has 0 fully saturated rings. The summed E-state index contributed by atoms with van der Waals surface area (Å²) in [5, 5.41) is -0.520. The summed E-state index contributed by atoms with van der Waals surface area (Å²) in [6.45, 7) is 0. The van der Waals surface area contributed by atoms with Gasteiger partial charge in [0.2, 0.25) is 0 Å². The van der Waals surface area contributed by atoms with Gasteiger partial charge in [0.1, 0.15) is 11.6 Å². The monoisotopic (exact) mass is 328 g/mol. The van der Waals surface area contributed by atoms with Crippen LogP contribution in [0.25, 0.3) is 0 Å². The van der Waals surface area contributed by atoms with Gasteiger partial charge in [0.15, 0.2) is 0 Å². The van der Waals surface area contributed by atoms with Gasteiger partial charge in [0.05, 0.1) is 12.5 Å². The third kappa shape index (κ3) is 2.85. The van der Waals surface area contributed by atoms with Crippen molar-refractivity contribution in [1.29, 1.82) is 0 Å². The topological polar surface area (TPSA) is 9.23 Å². The molecule has 0 bridgehead atoms. The predicted molar refractivity (Wildman–Crippen MR) is 74.8 cm³/mol. The maximum atomic E-state index is 13.9. The molecule has 0 aliphatic heterocycles. The Labute approximate surface area is 119 Å². The van der Waals surface area contributed by atoms with Crippen LogP contribution in [0.4, 0.5) is 4.39 Å². The van der Waals surface area contributed by atoms with Crippen molar-refractivity contribution < 1.29 is 9.13 Å². The average Bonchev–Trinajstić information content (AvgIpc) is 2.37. The number of alkyl halides is 1. The lowest BCUT2D eigenvalue weighted by Crippen LogP contribution is -1.97. The van der Waals surface area contributed by atoms with Gasteiger partial charge < -0.3 is 4.74 Å². The molecule has 0 saturated heterocycles. The SMILES string of the molecule is COc1ccc(C(Cl)c2cccc(Br)c2)c(F)c1. The molecule has 2 rings (SSSR count). The van der Waals surface area contributed by atoms with Crippen LogP contribution in [0.15, 0.2) is 46.9 Å². The summed E-state index contributed by atoms with van der Waals surface area (Å²) in [5.74, 6) is 0.115. The maximum Gasteiger partial charge on any atom is 0.131 e. The summed E-state index contributed by atoms with van der Waals surface area (Å²) >= 11 is 9.67. The molecule has 0 spiro atoms. The molecule has 2 aromatic carbocycles. The summed E-state index contributed by atoms with van der Waals surface area (Å²) in [6.07, 6.45) is 0. The second kappa shape index (κ2) is 5.72. The van der Waals surface area contributed by atoms with E-state index in [-0.39, 0.29) is 5.82 Å². The number of hydrogen-bond acceptors (Lipinski definition) is 1. The van der Waals surface area contributed by atoms with E-state index < -0.39 is 5.38 Å². The molecule has 0 aromatic heterocycles. The summed E-state index contributed by atoms with van der Waals surface area (Å²) in [4.78, 5) is 0. The van der Waals surface area contributed by atoms with Gasteiger partial charge in [-0.05, 0) is 23.8 Å². The van der Waals surface area contributed by atoms with Crippen molar-refractivity contribution in [1.82, 2.24) is 0 Å². The quantitative estimate of drug-likeness (QED) is 0.726. The van der Waals surface area contributed by atoms with Crippen LogP contribution in [0.2, 0.25) is 0 Å². The van der Waals surface area contributed by atoms with E-state index in [1.807, 2.05) is 24.3 Å². The molecule has 0 radical (unpaired) electrons. The van der Waals surface area contributed by atoms with Gasteiger partial charge in [-0.15, -0.1) is 11.6 Å². The second-order valence-electron chi connectivity index (χ2n) is 3.81. The number of halogens is 3. The van der Waals surface area contributed by atoms with Crippen LogP contribution in [0.1, 0.15) is 16.5 Å². The first kappa shape index (κ1) is 13.4. The van der Waals surface area contributed by atoms with Gasteiger partial charge in [-0.2, -0.15) is 0 Å². The minimum atomic E-state index is -0.520. The summed E-state index contributed by atoms with van der Waals surface area (Å²) in [5.41, 5.74) is 1.28. The van der Waals surface area contributed by atoms with Crippen molar-refractivity contribution in [3.8, 4) is 5.75 Å². The van der Waals surface area contributed by atoms with E-state index in [9.17, 15) is 4.39 Å². The zero-order valence-corrected chi connectivity index (χ0v) is 12.0. The van der Waals surface area contributed by atoms with Gasteiger partial charge in [0, 0.05) is 16.1 Å². The highest BCUT2D eigenvalue weighted by Gasteiger charge is 2.16. The molecule has 4 heteroatoms. The second-order valence-corrected chi connectivity index (χ2v) is 5.16. The van der Waals surface area contributed by atoms with E-state index in [1.165, 1.54) is 13.2 Å². The van der Waals surface area contributed by atoms with E-state index in [2.05, 4.69) is 15.9 Å². The van der Waals surface area contributed by atoms with Crippen LogP contribution in [-0.4, -0.2) is 7.11 Å². The lowest BCUT2D eigenvalue weighted by Gasteiger charge is -2.12. The molecule has 0 amide bonds. The molecule has 1 atom stereocenters. The average molecular weight is 330 g/mol. The Morgan fingerprint density at radius 1 is 1.22 bits per heavy atom. The minimum absolute atomic E-state index is 0.366. The highest BCUT2D eigenvalue weighted by Crippen LogP contribution is 2.33. The molecule has 2 aromatic rings. The predicted octanol–water partition coefficient (Wildman–Crippen LogP) is 4.93. The molecule has 1 unspecified atom stereocenters. The van der Waals surface area contributed by atoms with Crippen molar-refractivity contribution in [3.63, 3.8) is 0 Å². The van der Waals surface area contributed by atoms with Crippen LogP contribution < -0.4 is 4.74 Å². The first-order valence-electron chi connectivity index (χ1n) is 5.35. The van der Waals surface area contributed by atoms with Gasteiger partial charge in [-0.25, -0.2) is 4.39 Å². The Morgan fingerprint density at radius 2 is 2.00 bits per heavy atom. The highest BCUT2D eigenvalue weighted by atomic mass is 79.9. The van der Waals surface area contributed by atoms with Crippen LogP contribution >= 0.6 is 27.5 Å². The largest absolute Gasteiger partial charge is 0.497 e. The van der Waals surface area contributed by atoms with Crippen LogP contribution in [-0.2, 0) is 0 Å². The summed E-state index contributed by atoms with van der Waals surface area (Å²) < 4.78 is 19.8. The van der Waals surface area contributed by atoms with E-state index in [1.54, 1.807) is 12.1 Å². The zero-order valence-electron chi connectivity index (χ0n) is 9.66. The third-order valence-electron chi connectivity index (χ3n) is 2.62. The van der Waals surface area contributed by atoms with Crippen LogP contribution in [0.3, 0.4) is 0 Å². The Kier molecular flexibility index (Phi) is 4.25. The van der Waals surface area contributed by atoms with Crippen LogP contribution in [0.5, 0.6) is 5.75 Å². The van der Waals surface area contributed by atoms with Crippen molar-refractivity contribution in [3.05, 3.63) is 63.9 Å². The number of methoxy groups -OCH3 is 1. The van der Waals surface area contributed by atoms with Gasteiger partial charge in [0.25, 0.3) is 0 Å². The van der Waals surface area contributed by atoms with E-state index in [4.69, 9.17) is 16.3 Å². The zero-order chi connectivity index (χ0) is 13.1. The molecule has 0 N–H and O–H groups in total. The van der Waals surface area contributed by atoms with Crippen molar-refractivity contribution in [2.75, 3.05) is 7.11 Å². The summed E-state index contributed by atoms with van der Waals surface area (Å²) in [7, 11) is 1.50. The molecule has 94 valence electrons. The smallest absolute Gasteiger partial charge is 0.131 e. The lowest BCUT2D eigenvalue weighted by atomic mass is 10.0. The van der Waals surface area contributed by atoms with Crippen molar-refractivity contribution in [2.24, 2.45) is 0 Å². The molecule has 1 nitrogen and oxygen atoms in total. The van der Waals surface area contributed by atoms with E-state index >= 15 is 0 Å². The first-order chi connectivity index (χ1) is 8.61. The molecule has 18 heavy (non-hydrogen) atoms.